The summed E-state index contributed by atoms with van der Waals surface area (Å²) in [7, 11) is 1.94. The number of aromatic nitrogens is 3. The van der Waals surface area contributed by atoms with Gasteiger partial charge in [0.2, 0.25) is 0 Å². The number of carbonyl (C=O) groups excluding carboxylic acids is 1. The van der Waals surface area contributed by atoms with Crippen molar-refractivity contribution in [1.29, 1.82) is 0 Å². The van der Waals surface area contributed by atoms with E-state index in [0.29, 0.717) is 5.92 Å². The molecule has 0 aromatic carbocycles. The number of hydrazone groups is 1. The number of nitrogens with zero attached hydrogens (tertiary/aromatic N) is 5. The lowest BCUT2D eigenvalue weighted by molar-refractivity contribution is -0.130. The zero-order chi connectivity index (χ0) is 19.7. The molecule has 0 N–H and O–H groups in total. The van der Waals surface area contributed by atoms with Gasteiger partial charge in [-0.15, -0.1) is 32.9 Å². The Morgan fingerprint density at radius 3 is 2.68 bits per heavy atom. The molecule has 9 heteroatoms. The molecule has 6 nitrogen and oxygen atoms in total. The number of rotatable bonds is 6. The van der Waals surface area contributed by atoms with Crippen LogP contribution in [0, 0.1) is 0 Å². The molecular weight excluding hydrogens is 410 g/mol. The van der Waals surface area contributed by atoms with Crippen LogP contribution in [0.4, 0.5) is 0 Å². The highest BCUT2D eigenvalue weighted by atomic mass is 32.2. The van der Waals surface area contributed by atoms with Crippen LogP contribution in [0.25, 0.3) is 0 Å². The lowest BCUT2D eigenvalue weighted by Crippen LogP contribution is -2.28. The van der Waals surface area contributed by atoms with Crippen molar-refractivity contribution in [3.8, 4) is 0 Å². The first-order valence-electron chi connectivity index (χ1n) is 9.03. The first kappa shape index (κ1) is 19.4. The quantitative estimate of drug-likeness (QED) is 0.538. The van der Waals surface area contributed by atoms with Crippen molar-refractivity contribution in [2.75, 3.05) is 5.75 Å². The topological polar surface area (TPSA) is 63.4 Å². The molecular formula is C19H21N5OS3. The maximum Gasteiger partial charge on any atom is 0.253 e. The highest BCUT2D eigenvalue weighted by molar-refractivity contribution is 7.99. The minimum absolute atomic E-state index is 0.0101. The van der Waals surface area contributed by atoms with E-state index in [1.165, 1.54) is 11.8 Å². The molecule has 28 heavy (non-hydrogen) atoms. The minimum Gasteiger partial charge on any atom is -0.309 e. The second-order valence-corrected chi connectivity index (χ2v) is 9.71. The Morgan fingerprint density at radius 2 is 2.04 bits per heavy atom. The number of amides is 1. The molecule has 146 valence electrons. The van der Waals surface area contributed by atoms with Crippen molar-refractivity contribution in [3.05, 3.63) is 50.6 Å². The Morgan fingerprint density at radius 1 is 1.25 bits per heavy atom. The second-order valence-electron chi connectivity index (χ2n) is 6.84. The van der Waals surface area contributed by atoms with E-state index in [9.17, 15) is 4.79 Å². The predicted molar refractivity (Wildman–Crippen MR) is 115 cm³/mol. The van der Waals surface area contributed by atoms with Crippen molar-refractivity contribution in [1.82, 2.24) is 19.8 Å². The third kappa shape index (κ3) is 3.78. The molecule has 1 aliphatic heterocycles. The monoisotopic (exact) mass is 431 g/mol. The van der Waals surface area contributed by atoms with Crippen molar-refractivity contribution >= 4 is 46.1 Å². The van der Waals surface area contributed by atoms with Crippen LogP contribution in [0.2, 0.25) is 0 Å². The summed E-state index contributed by atoms with van der Waals surface area (Å²) in [6.45, 7) is 4.17. The summed E-state index contributed by atoms with van der Waals surface area (Å²) < 4.78 is 1.96. The van der Waals surface area contributed by atoms with E-state index in [2.05, 4.69) is 36.2 Å². The molecule has 0 radical (unpaired) electrons. The van der Waals surface area contributed by atoms with Crippen LogP contribution in [-0.2, 0) is 11.8 Å². The fraction of sp³-hybridized carbons (Fsp3) is 0.368. The Bertz CT molecular complexity index is 976. The molecule has 1 atom stereocenters. The molecule has 3 aromatic heterocycles. The maximum absolute atomic E-state index is 13.0. The molecule has 0 saturated carbocycles. The third-order valence-corrected chi connectivity index (χ3v) is 7.45. The van der Waals surface area contributed by atoms with E-state index in [4.69, 9.17) is 5.10 Å². The molecule has 0 bridgehead atoms. The molecule has 0 aliphatic carbocycles. The summed E-state index contributed by atoms with van der Waals surface area (Å²) in [4.78, 5) is 15.3. The van der Waals surface area contributed by atoms with Crippen LogP contribution in [0.1, 0.15) is 47.8 Å². The Hall–Kier alpha value is -1.97. The van der Waals surface area contributed by atoms with Gasteiger partial charge < -0.3 is 4.57 Å². The van der Waals surface area contributed by atoms with Gasteiger partial charge in [-0.3, -0.25) is 4.79 Å². The van der Waals surface area contributed by atoms with Crippen LogP contribution >= 0.6 is 34.4 Å². The van der Waals surface area contributed by atoms with Gasteiger partial charge in [0.05, 0.1) is 22.4 Å². The van der Waals surface area contributed by atoms with E-state index >= 15 is 0 Å². The van der Waals surface area contributed by atoms with Gasteiger partial charge in [-0.25, -0.2) is 5.01 Å². The summed E-state index contributed by atoms with van der Waals surface area (Å²) in [5.41, 5.74) is 0.979. The lowest BCUT2D eigenvalue weighted by Gasteiger charge is -2.20. The van der Waals surface area contributed by atoms with Crippen molar-refractivity contribution in [3.63, 3.8) is 0 Å². The molecule has 4 rings (SSSR count). The van der Waals surface area contributed by atoms with Gasteiger partial charge in [0.15, 0.2) is 5.16 Å². The van der Waals surface area contributed by atoms with E-state index in [1.54, 1.807) is 27.7 Å². The summed E-state index contributed by atoms with van der Waals surface area (Å²) in [5, 5.41) is 19.7. The van der Waals surface area contributed by atoms with Crippen molar-refractivity contribution in [2.45, 2.75) is 37.4 Å². The molecule has 1 aliphatic rings. The normalized spacial score (nSPS) is 16.8. The summed E-state index contributed by atoms with van der Waals surface area (Å²) >= 11 is 4.74. The van der Waals surface area contributed by atoms with E-state index in [-0.39, 0.29) is 17.7 Å². The lowest BCUT2D eigenvalue weighted by atomic mass is 10.1. The van der Waals surface area contributed by atoms with Crippen molar-refractivity contribution in [2.24, 2.45) is 12.1 Å². The SMILES string of the molecule is CC(C)c1nnc(SCC(=O)N2N=C(c3cccs3)CC2c2cccs2)n1C. The molecule has 1 unspecified atom stereocenters. The number of thiophene rings is 2. The molecule has 3 aromatic rings. The highest BCUT2D eigenvalue weighted by Crippen LogP contribution is 2.36. The summed E-state index contributed by atoms with van der Waals surface area (Å²) in [6, 6.07) is 8.14. The van der Waals surface area contributed by atoms with E-state index in [1.807, 2.05) is 34.5 Å². The van der Waals surface area contributed by atoms with Gasteiger partial charge in [-0.2, -0.15) is 5.10 Å². The van der Waals surface area contributed by atoms with Gasteiger partial charge in [0, 0.05) is 24.3 Å². The number of carbonyl (C=O) groups is 1. The number of hydrogen-bond donors (Lipinski definition) is 0. The standard InChI is InChI=1S/C19H21N5OS3/c1-12(2)18-20-21-19(23(18)3)28-11-17(25)24-14(16-7-5-9-27-16)10-13(22-24)15-6-4-8-26-15/h4-9,12,14H,10-11H2,1-3H3. The average Bonchev–Trinajstić information content (AvgIpc) is 3.45. The fourth-order valence-electron chi connectivity index (χ4n) is 3.18. The first-order chi connectivity index (χ1) is 13.5. The van der Waals surface area contributed by atoms with Crippen LogP contribution in [-0.4, -0.2) is 37.1 Å². The molecule has 1 amide bonds. The molecule has 0 spiro atoms. The van der Waals surface area contributed by atoms with Gasteiger partial charge in [0.1, 0.15) is 5.82 Å². The van der Waals surface area contributed by atoms with E-state index < -0.39 is 0 Å². The van der Waals surface area contributed by atoms with Crippen LogP contribution in [0.3, 0.4) is 0 Å². The van der Waals surface area contributed by atoms with Crippen molar-refractivity contribution < 1.29 is 4.79 Å². The minimum atomic E-state index is -0.0316. The number of hydrogen-bond acceptors (Lipinski definition) is 7. The van der Waals surface area contributed by atoms with E-state index in [0.717, 1.165) is 32.9 Å². The fourth-order valence-corrected chi connectivity index (χ4v) is 5.48. The van der Waals surface area contributed by atoms with Crippen LogP contribution in [0.15, 0.2) is 45.3 Å². The molecule has 4 heterocycles. The Kier molecular flexibility index (Phi) is 5.65. The van der Waals surface area contributed by atoms with Gasteiger partial charge in [0.25, 0.3) is 5.91 Å². The average molecular weight is 432 g/mol. The summed E-state index contributed by atoms with van der Waals surface area (Å²) in [5.74, 6) is 1.49. The van der Waals surface area contributed by atoms with Gasteiger partial charge >= 0.3 is 0 Å². The first-order valence-corrected chi connectivity index (χ1v) is 11.8. The maximum atomic E-state index is 13.0. The third-order valence-electron chi connectivity index (χ3n) is 4.55. The second kappa shape index (κ2) is 8.18. The Balaban J connectivity index is 1.52. The molecule has 0 saturated heterocycles. The highest BCUT2D eigenvalue weighted by Gasteiger charge is 2.34. The smallest absolute Gasteiger partial charge is 0.253 e. The summed E-state index contributed by atoms with van der Waals surface area (Å²) in [6.07, 6.45) is 0.749. The van der Waals surface area contributed by atoms with Gasteiger partial charge in [-0.1, -0.05) is 37.7 Å². The predicted octanol–water partition coefficient (Wildman–Crippen LogP) is 4.53. The number of thioether (sulfide) groups is 1. The Labute approximate surface area is 176 Å². The molecule has 0 fully saturated rings. The van der Waals surface area contributed by atoms with Crippen LogP contribution < -0.4 is 0 Å². The zero-order valence-corrected chi connectivity index (χ0v) is 18.4. The zero-order valence-electron chi connectivity index (χ0n) is 15.9. The largest absolute Gasteiger partial charge is 0.309 e. The van der Waals surface area contributed by atoms with Gasteiger partial charge in [-0.05, 0) is 22.9 Å². The van der Waals surface area contributed by atoms with Crippen LogP contribution in [0.5, 0.6) is 0 Å².